The van der Waals surface area contributed by atoms with E-state index in [9.17, 15) is 5.11 Å². The third-order valence-corrected chi connectivity index (χ3v) is 3.95. The molecule has 0 saturated heterocycles. The Kier molecular flexibility index (Phi) is 5.79. The Morgan fingerprint density at radius 3 is 2.57 bits per heavy atom. The van der Waals surface area contributed by atoms with Crippen molar-refractivity contribution in [2.75, 3.05) is 13.7 Å². The molecule has 4 heteroatoms. The summed E-state index contributed by atoms with van der Waals surface area (Å²) < 4.78 is 6.83. The molecule has 0 heterocycles. The highest BCUT2D eigenvalue weighted by atomic mass is 79.9. The maximum atomic E-state index is 10.2. The Morgan fingerprint density at radius 1 is 1.19 bits per heavy atom. The monoisotopic (exact) mass is 349 g/mol. The average molecular weight is 350 g/mol. The van der Waals surface area contributed by atoms with Crippen LogP contribution in [0.15, 0.2) is 53.0 Å². The zero-order chi connectivity index (χ0) is 15.2. The van der Waals surface area contributed by atoms with Crippen molar-refractivity contribution in [3.63, 3.8) is 0 Å². The lowest BCUT2D eigenvalue weighted by atomic mass is 10.1. The van der Waals surface area contributed by atoms with Crippen LogP contribution in [0.1, 0.15) is 30.2 Å². The highest BCUT2D eigenvalue weighted by Gasteiger charge is 2.13. The molecule has 0 aliphatic rings. The van der Waals surface area contributed by atoms with Gasteiger partial charge in [-0.05, 0) is 37.7 Å². The number of aliphatic hydroxyl groups is 1. The molecule has 0 bridgehead atoms. The maximum Gasteiger partial charge on any atom is 0.124 e. The minimum absolute atomic E-state index is 0.173. The Morgan fingerprint density at radius 2 is 1.90 bits per heavy atom. The van der Waals surface area contributed by atoms with Crippen LogP contribution in [0.2, 0.25) is 0 Å². The summed E-state index contributed by atoms with van der Waals surface area (Å²) in [6, 6.07) is 15.6. The highest BCUT2D eigenvalue weighted by Crippen LogP contribution is 2.29. The molecule has 2 rings (SSSR count). The molecule has 2 atom stereocenters. The summed E-state index contributed by atoms with van der Waals surface area (Å²) in [5, 5.41) is 13.4. The van der Waals surface area contributed by atoms with Crippen molar-refractivity contribution < 1.29 is 9.84 Å². The van der Waals surface area contributed by atoms with Gasteiger partial charge in [-0.1, -0.05) is 46.3 Å². The lowest BCUT2D eigenvalue weighted by Crippen LogP contribution is -2.15. The minimum atomic E-state index is -0.632. The number of nitrogens with one attached hydrogen (secondary N) is 1. The summed E-state index contributed by atoms with van der Waals surface area (Å²) in [4.78, 5) is 0. The Hall–Kier alpha value is -1.36. The molecule has 2 unspecified atom stereocenters. The predicted molar refractivity (Wildman–Crippen MR) is 88.5 cm³/mol. The Labute approximate surface area is 134 Å². The van der Waals surface area contributed by atoms with Crippen LogP contribution in [0, 0.1) is 0 Å². The van der Waals surface area contributed by atoms with Gasteiger partial charge in [-0.2, -0.15) is 0 Å². The van der Waals surface area contributed by atoms with Crippen LogP contribution in [0.4, 0.5) is 0 Å². The van der Waals surface area contributed by atoms with Gasteiger partial charge < -0.3 is 15.2 Å². The zero-order valence-corrected chi connectivity index (χ0v) is 13.8. The van der Waals surface area contributed by atoms with Crippen LogP contribution in [0.5, 0.6) is 5.75 Å². The lowest BCUT2D eigenvalue weighted by molar-refractivity contribution is 0.107. The third kappa shape index (κ3) is 4.30. The first-order valence-electron chi connectivity index (χ1n) is 6.94. The van der Waals surface area contributed by atoms with Crippen molar-refractivity contribution in [2.45, 2.75) is 19.1 Å². The number of hydrogen-bond acceptors (Lipinski definition) is 3. The largest absolute Gasteiger partial charge is 0.490 e. The van der Waals surface area contributed by atoms with E-state index in [0.717, 1.165) is 21.3 Å². The van der Waals surface area contributed by atoms with E-state index >= 15 is 0 Å². The molecule has 0 saturated carbocycles. The van der Waals surface area contributed by atoms with Gasteiger partial charge in [0.25, 0.3) is 0 Å². The van der Waals surface area contributed by atoms with Gasteiger partial charge in [0.2, 0.25) is 0 Å². The van der Waals surface area contributed by atoms with Crippen LogP contribution < -0.4 is 10.1 Å². The zero-order valence-electron chi connectivity index (χ0n) is 12.2. The molecule has 0 fully saturated rings. The van der Waals surface area contributed by atoms with E-state index in [1.807, 2.05) is 55.6 Å². The van der Waals surface area contributed by atoms with E-state index in [0.29, 0.717) is 0 Å². The van der Waals surface area contributed by atoms with Crippen molar-refractivity contribution in [1.29, 1.82) is 0 Å². The van der Waals surface area contributed by atoms with Gasteiger partial charge in [-0.3, -0.25) is 0 Å². The molecular weight excluding hydrogens is 330 g/mol. The fourth-order valence-corrected chi connectivity index (χ4v) is 2.46. The van der Waals surface area contributed by atoms with Crippen molar-refractivity contribution in [2.24, 2.45) is 0 Å². The first-order chi connectivity index (χ1) is 10.1. The van der Waals surface area contributed by atoms with Crippen LogP contribution in [0.3, 0.4) is 0 Å². The quantitative estimate of drug-likeness (QED) is 0.832. The van der Waals surface area contributed by atoms with Gasteiger partial charge in [0.1, 0.15) is 18.5 Å². The van der Waals surface area contributed by atoms with Crippen LogP contribution in [0.25, 0.3) is 0 Å². The molecule has 0 radical (unpaired) electrons. The van der Waals surface area contributed by atoms with Crippen LogP contribution in [-0.2, 0) is 0 Å². The molecule has 0 spiro atoms. The summed E-state index contributed by atoms with van der Waals surface area (Å²) in [5.41, 5.74) is 1.92. The molecule has 21 heavy (non-hydrogen) atoms. The third-order valence-electron chi connectivity index (χ3n) is 3.45. The molecule has 0 aromatic heterocycles. The number of benzene rings is 2. The SMILES string of the molecule is CNC(C)c1cc(Br)ccc1OCC(O)c1ccccc1. The van der Waals surface area contributed by atoms with Gasteiger partial charge in [-0.25, -0.2) is 0 Å². The maximum absolute atomic E-state index is 10.2. The minimum Gasteiger partial charge on any atom is -0.490 e. The van der Waals surface area contributed by atoms with Gasteiger partial charge >= 0.3 is 0 Å². The molecular formula is C17H20BrNO2. The van der Waals surface area contributed by atoms with Crippen molar-refractivity contribution >= 4 is 15.9 Å². The van der Waals surface area contributed by atoms with Gasteiger partial charge in [-0.15, -0.1) is 0 Å². The highest BCUT2D eigenvalue weighted by molar-refractivity contribution is 9.10. The first-order valence-corrected chi connectivity index (χ1v) is 7.73. The van der Waals surface area contributed by atoms with Crippen LogP contribution in [-0.4, -0.2) is 18.8 Å². The molecule has 2 aromatic rings. The van der Waals surface area contributed by atoms with E-state index in [-0.39, 0.29) is 12.6 Å². The van der Waals surface area contributed by atoms with E-state index in [1.54, 1.807) is 0 Å². The van der Waals surface area contributed by atoms with E-state index in [2.05, 4.69) is 28.2 Å². The normalized spacial score (nSPS) is 13.7. The van der Waals surface area contributed by atoms with Gasteiger partial charge in [0.05, 0.1) is 0 Å². The average Bonchev–Trinajstić information content (AvgIpc) is 2.53. The first kappa shape index (κ1) is 16.0. The molecule has 112 valence electrons. The van der Waals surface area contributed by atoms with Gasteiger partial charge in [0.15, 0.2) is 0 Å². The van der Waals surface area contributed by atoms with Crippen molar-refractivity contribution in [1.82, 2.24) is 5.32 Å². The summed E-state index contributed by atoms with van der Waals surface area (Å²) in [6.07, 6.45) is -0.632. The molecule has 0 aliphatic carbocycles. The second-order valence-electron chi connectivity index (χ2n) is 4.93. The van der Waals surface area contributed by atoms with Gasteiger partial charge in [0, 0.05) is 16.1 Å². The number of ether oxygens (including phenoxy) is 1. The smallest absolute Gasteiger partial charge is 0.124 e. The summed E-state index contributed by atoms with van der Waals surface area (Å²) in [7, 11) is 1.91. The second kappa shape index (κ2) is 7.59. The summed E-state index contributed by atoms with van der Waals surface area (Å²) >= 11 is 3.48. The molecule has 2 aromatic carbocycles. The Bertz CT molecular complexity index is 574. The van der Waals surface area contributed by atoms with Crippen LogP contribution >= 0.6 is 15.9 Å². The molecule has 0 aliphatic heterocycles. The molecule has 2 N–H and O–H groups in total. The molecule has 3 nitrogen and oxygen atoms in total. The number of rotatable bonds is 6. The van der Waals surface area contributed by atoms with Crippen molar-refractivity contribution in [3.8, 4) is 5.75 Å². The number of hydrogen-bond donors (Lipinski definition) is 2. The van der Waals surface area contributed by atoms with E-state index < -0.39 is 6.10 Å². The summed E-state index contributed by atoms with van der Waals surface area (Å²) in [6.45, 7) is 2.30. The molecule has 0 amide bonds. The Balaban J connectivity index is 2.09. The number of halogens is 1. The second-order valence-corrected chi connectivity index (χ2v) is 5.85. The standard InChI is InChI=1S/C17H20BrNO2/c1-12(19-2)15-10-14(18)8-9-17(15)21-11-16(20)13-6-4-3-5-7-13/h3-10,12,16,19-20H,11H2,1-2H3. The fourth-order valence-electron chi connectivity index (χ4n) is 2.08. The van der Waals surface area contributed by atoms with E-state index in [1.165, 1.54) is 0 Å². The van der Waals surface area contributed by atoms with E-state index in [4.69, 9.17) is 4.74 Å². The summed E-state index contributed by atoms with van der Waals surface area (Å²) in [5.74, 6) is 0.787. The fraction of sp³-hybridized carbons (Fsp3) is 0.294. The number of aliphatic hydroxyl groups excluding tert-OH is 1. The predicted octanol–water partition coefficient (Wildman–Crippen LogP) is 3.84. The van der Waals surface area contributed by atoms with Crippen molar-refractivity contribution in [3.05, 3.63) is 64.1 Å². The lowest BCUT2D eigenvalue weighted by Gasteiger charge is -2.19. The topological polar surface area (TPSA) is 41.5 Å².